The minimum atomic E-state index is -0.248. The SMILES string of the molecule is CCOC(=O)[C@@H]1CC[C@H](C)N(C(=O)Cc2ccon2)[C@@H]1C. The number of likely N-dealkylation sites (tertiary alicyclic amines) is 1. The molecule has 1 aromatic rings. The maximum atomic E-state index is 12.5. The van der Waals surface area contributed by atoms with Crippen LogP contribution in [0.1, 0.15) is 39.3 Å². The summed E-state index contributed by atoms with van der Waals surface area (Å²) in [5, 5.41) is 3.77. The summed E-state index contributed by atoms with van der Waals surface area (Å²) in [6, 6.07) is 1.64. The second kappa shape index (κ2) is 6.74. The third-order valence-corrected chi connectivity index (χ3v) is 4.09. The van der Waals surface area contributed by atoms with Gasteiger partial charge in [0.1, 0.15) is 6.26 Å². The van der Waals surface area contributed by atoms with Crippen LogP contribution in [0.5, 0.6) is 0 Å². The predicted octanol–water partition coefficient (Wildman–Crippen LogP) is 1.80. The Hall–Kier alpha value is -1.85. The molecule has 3 atom stereocenters. The van der Waals surface area contributed by atoms with E-state index in [1.807, 2.05) is 13.8 Å². The number of ether oxygens (including phenoxy) is 1. The molecule has 6 nitrogen and oxygen atoms in total. The minimum absolute atomic E-state index is 0.0297. The van der Waals surface area contributed by atoms with Gasteiger partial charge in [-0.2, -0.15) is 0 Å². The zero-order valence-electron chi connectivity index (χ0n) is 12.7. The van der Waals surface area contributed by atoms with Crippen molar-refractivity contribution < 1.29 is 18.8 Å². The highest BCUT2D eigenvalue weighted by molar-refractivity contribution is 5.81. The Balaban J connectivity index is 2.08. The lowest BCUT2D eigenvalue weighted by Crippen LogP contribution is -2.54. The van der Waals surface area contributed by atoms with Crippen molar-refractivity contribution in [2.75, 3.05) is 6.61 Å². The van der Waals surface area contributed by atoms with Gasteiger partial charge in [0.05, 0.1) is 24.6 Å². The fraction of sp³-hybridized carbons (Fsp3) is 0.667. The van der Waals surface area contributed by atoms with Gasteiger partial charge >= 0.3 is 5.97 Å². The van der Waals surface area contributed by atoms with Gasteiger partial charge in [-0.15, -0.1) is 0 Å². The molecule has 1 aliphatic rings. The molecule has 21 heavy (non-hydrogen) atoms. The standard InChI is InChI=1S/C15H22N2O4/c1-4-20-15(19)13-6-5-10(2)17(11(13)3)14(18)9-12-7-8-21-16-12/h7-8,10-11,13H,4-6,9H2,1-3H3/t10-,11+,13+/m0/s1. The molecule has 1 aromatic heterocycles. The van der Waals surface area contributed by atoms with E-state index in [-0.39, 0.29) is 36.3 Å². The first-order chi connectivity index (χ1) is 10.0. The lowest BCUT2D eigenvalue weighted by Gasteiger charge is -2.42. The first-order valence-electron chi connectivity index (χ1n) is 7.41. The van der Waals surface area contributed by atoms with Crippen LogP contribution in [0.3, 0.4) is 0 Å². The largest absolute Gasteiger partial charge is 0.466 e. The summed E-state index contributed by atoms with van der Waals surface area (Å²) in [7, 11) is 0. The van der Waals surface area contributed by atoms with Gasteiger partial charge in [0.2, 0.25) is 5.91 Å². The molecule has 2 heterocycles. The molecule has 0 aliphatic carbocycles. The monoisotopic (exact) mass is 294 g/mol. The molecule has 0 bridgehead atoms. The molecule has 0 aromatic carbocycles. The highest BCUT2D eigenvalue weighted by Crippen LogP contribution is 2.29. The summed E-state index contributed by atoms with van der Waals surface area (Å²) in [5.41, 5.74) is 0.609. The van der Waals surface area contributed by atoms with Crippen LogP contribution < -0.4 is 0 Å². The Morgan fingerprint density at radius 1 is 1.43 bits per heavy atom. The fourth-order valence-corrected chi connectivity index (χ4v) is 3.01. The Bertz CT molecular complexity index is 486. The molecule has 0 unspecified atom stereocenters. The number of nitrogens with zero attached hydrogens (tertiary/aromatic N) is 2. The molecule has 0 saturated carbocycles. The van der Waals surface area contributed by atoms with E-state index in [0.717, 1.165) is 12.8 Å². The maximum Gasteiger partial charge on any atom is 0.311 e. The van der Waals surface area contributed by atoms with E-state index in [1.165, 1.54) is 6.26 Å². The number of aromatic nitrogens is 1. The number of carbonyl (C=O) groups is 2. The van der Waals surface area contributed by atoms with Gasteiger partial charge in [0.15, 0.2) is 0 Å². The summed E-state index contributed by atoms with van der Waals surface area (Å²) in [4.78, 5) is 26.3. The van der Waals surface area contributed by atoms with Crippen molar-refractivity contribution in [2.45, 2.75) is 52.1 Å². The van der Waals surface area contributed by atoms with E-state index in [4.69, 9.17) is 9.26 Å². The average molecular weight is 294 g/mol. The maximum absolute atomic E-state index is 12.5. The molecule has 1 aliphatic heterocycles. The smallest absolute Gasteiger partial charge is 0.311 e. The molecule has 0 spiro atoms. The van der Waals surface area contributed by atoms with Crippen LogP contribution in [0, 0.1) is 5.92 Å². The van der Waals surface area contributed by atoms with Gasteiger partial charge in [-0.1, -0.05) is 5.16 Å². The molecule has 6 heteroatoms. The number of carbonyl (C=O) groups excluding carboxylic acids is 2. The molecule has 0 radical (unpaired) electrons. The molecule has 2 rings (SSSR count). The van der Waals surface area contributed by atoms with Gasteiger partial charge in [-0.25, -0.2) is 0 Å². The van der Waals surface area contributed by atoms with Crippen LogP contribution in [-0.4, -0.2) is 40.6 Å². The Kier molecular flexibility index (Phi) is 4.98. The molecule has 1 saturated heterocycles. The predicted molar refractivity (Wildman–Crippen MR) is 75.3 cm³/mol. The summed E-state index contributed by atoms with van der Waals surface area (Å²) < 4.78 is 9.87. The van der Waals surface area contributed by atoms with E-state index in [2.05, 4.69) is 5.16 Å². The third-order valence-electron chi connectivity index (χ3n) is 4.09. The van der Waals surface area contributed by atoms with Gasteiger partial charge in [0, 0.05) is 18.2 Å². The number of rotatable bonds is 4. The Morgan fingerprint density at radius 2 is 2.19 bits per heavy atom. The molecule has 1 amide bonds. The van der Waals surface area contributed by atoms with Crippen molar-refractivity contribution in [1.29, 1.82) is 0 Å². The molecular weight excluding hydrogens is 272 g/mol. The van der Waals surface area contributed by atoms with E-state index < -0.39 is 0 Å². The molecule has 116 valence electrons. The van der Waals surface area contributed by atoms with Gasteiger partial charge in [0.25, 0.3) is 0 Å². The summed E-state index contributed by atoms with van der Waals surface area (Å²) in [6.07, 6.45) is 3.21. The van der Waals surface area contributed by atoms with Crippen LogP contribution >= 0.6 is 0 Å². The van der Waals surface area contributed by atoms with Crippen LogP contribution in [-0.2, 0) is 20.7 Å². The van der Waals surface area contributed by atoms with Crippen LogP contribution in [0.2, 0.25) is 0 Å². The van der Waals surface area contributed by atoms with E-state index in [9.17, 15) is 9.59 Å². The summed E-state index contributed by atoms with van der Waals surface area (Å²) >= 11 is 0. The zero-order valence-corrected chi connectivity index (χ0v) is 12.7. The lowest BCUT2D eigenvalue weighted by molar-refractivity contribution is -0.156. The van der Waals surface area contributed by atoms with Crippen LogP contribution in [0.4, 0.5) is 0 Å². The quantitative estimate of drug-likeness (QED) is 0.792. The zero-order chi connectivity index (χ0) is 15.4. The number of hydrogen-bond acceptors (Lipinski definition) is 5. The number of esters is 1. The lowest BCUT2D eigenvalue weighted by atomic mass is 9.86. The Morgan fingerprint density at radius 3 is 2.81 bits per heavy atom. The number of amides is 1. The van der Waals surface area contributed by atoms with Crippen molar-refractivity contribution in [1.82, 2.24) is 10.1 Å². The normalized spacial score (nSPS) is 25.7. The number of hydrogen-bond donors (Lipinski definition) is 0. The highest BCUT2D eigenvalue weighted by Gasteiger charge is 2.39. The first kappa shape index (κ1) is 15.5. The summed E-state index contributed by atoms with van der Waals surface area (Å²) in [5.74, 6) is -0.489. The van der Waals surface area contributed by atoms with Crippen molar-refractivity contribution in [2.24, 2.45) is 5.92 Å². The molecule has 1 fully saturated rings. The number of piperidine rings is 1. The van der Waals surface area contributed by atoms with E-state index >= 15 is 0 Å². The highest BCUT2D eigenvalue weighted by atomic mass is 16.5. The fourth-order valence-electron chi connectivity index (χ4n) is 3.01. The topological polar surface area (TPSA) is 72.6 Å². The molecule has 0 N–H and O–H groups in total. The van der Waals surface area contributed by atoms with Crippen molar-refractivity contribution in [3.8, 4) is 0 Å². The van der Waals surface area contributed by atoms with E-state index in [0.29, 0.717) is 12.3 Å². The van der Waals surface area contributed by atoms with Crippen LogP contribution in [0.15, 0.2) is 16.9 Å². The van der Waals surface area contributed by atoms with Gasteiger partial charge in [-0.3, -0.25) is 9.59 Å². The second-order valence-corrected chi connectivity index (χ2v) is 5.49. The van der Waals surface area contributed by atoms with E-state index in [1.54, 1.807) is 17.9 Å². The summed E-state index contributed by atoms with van der Waals surface area (Å²) in [6.45, 7) is 6.09. The van der Waals surface area contributed by atoms with Crippen molar-refractivity contribution in [3.63, 3.8) is 0 Å². The Labute approximate surface area is 124 Å². The molecular formula is C15H22N2O4. The van der Waals surface area contributed by atoms with Crippen LogP contribution in [0.25, 0.3) is 0 Å². The van der Waals surface area contributed by atoms with Gasteiger partial charge in [-0.05, 0) is 33.6 Å². The third kappa shape index (κ3) is 3.43. The van der Waals surface area contributed by atoms with Crippen molar-refractivity contribution >= 4 is 11.9 Å². The first-order valence-corrected chi connectivity index (χ1v) is 7.41. The second-order valence-electron chi connectivity index (χ2n) is 5.49. The minimum Gasteiger partial charge on any atom is -0.466 e. The van der Waals surface area contributed by atoms with Crippen molar-refractivity contribution in [3.05, 3.63) is 18.0 Å². The average Bonchev–Trinajstić information content (AvgIpc) is 2.91. The van der Waals surface area contributed by atoms with Gasteiger partial charge < -0.3 is 14.2 Å².